The standard InChI is InChI=1S/C8H12N2O2/c1-4(9)7-3-6(8(10)11)5(2)12-7/h3-4H,9H2,1-2H3,(H2,10,11). The Morgan fingerprint density at radius 3 is 2.50 bits per heavy atom. The molecule has 66 valence electrons. The summed E-state index contributed by atoms with van der Waals surface area (Å²) in [6.45, 7) is 3.47. The van der Waals surface area contributed by atoms with Crippen molar-refractivity contribution < 1.29 is 9.21 Å². The minimum atomic E-state index is -0.483. The van der Waals surface area contributed by atoms with Gasteiger partial charge in [0.15, 0.2) is 0 Å². The lowest BCUT2D eigenvalue weighted by Crippen LogP contribution is -2.11. The summed E-state index contributed by atoms with van der Waals surface area (Å²) in [5.41, 5.74) is 11.0. The molecule has 1 heterocycles. The van der Waals surface area contributed by atoms with Crippen LogP contribution < -0.4 is 11.5 Å². The van der Waals surface area contributed by atoms with Gasteiger partial charge >= 0.3 is 0 Å². The Bertz CT molecular complexity index is 302. The lowest BCUT2D eigenvalue weighted by atomic mass is 10.2. The molecule has 0 aromatic carbocycles. The van der Waals surface area contributed by atoms with Crippen LogP contribution >= 0.6 is 0 Å². The number of hydrogen-bond donors (Lipinski definition) is 2. The molecular formula is C8H12N2O2. The summed E-state index contributed by atoms with van der Waals surface area (Å²) >= 11 is 0. The van der Waals surface area contributed by atoms with E-state index in [0.717, 1.165) is 0 Å². The van der Waals surface area contributed by atoms with Gasteiger partial charge in [0.1, 0.15) is 11.5 Å². The molecule has 0 spiro atoms. The number of carbonyl (C=O) groups is 1. The number of rotatable bonds is 2. The Morgan fingerprint density at radius 2 is 2.25 bits per heavy atom. The largest absolute Gasteiger partial charge is 0.464 e. The zero-order valence-corrected chi connectivity index (χ0v) is 7.13. The van der Waals surface area contributed by atoms with Crippen LogP contribution in [0.5, 0.6) is 0 Å². The van der Waals surface area contributed by atoms with Gasteiger partial charge in [-0.15, -0.1) is 0 Å². The van der Waals surface area contributed by atoms with Gasteiger partial charge in [0.05, 0.1) is 11.6 Å². The summed E-state index contributed by atoms with van der Waals surface area (Å²) in [5, 5.41) is 0. The smallest absolute Gasteiger partial charge is 0.252 e. The Labute approximate surface area is 70.5 Å². The summed E-state index contributed by atoms with van der Waals surface area (Å²) in [6.07, 6.45) is 0. The second kappa shape index (κ2) is 2.98. The first kappa shape index (κ1) is 8.80. The van der Waals surface area contributed by atoms with Crippen LogP contribution in [0.4, 0.5) is 0 Å². The van der Waals surface area contributed by atoms with Crippen LogP contribution in [0, 0.1) is 6.92 Å². The lowest BCUT2D eigenvalue weighted by molar-refractivity contribution is 0.0999. The summed E-state index contributed by atoms with van der Waals surface area (Å²) < 4.78 is 5.21. The van der Waals surface area contributed by atoms with Crippen LogP contribution in [0.15, 0.2) is 10.5 Å². The highest BCUT2D eigenvalue weighted by atomic mass is 16.3. The van der Waals surface area contributed by atoms with E-state index >= 15 is 0 Å². The fraction of sp³-hybridized carbons (Fsp3) is 0.375. The zero-order valence-electron chi connectivity index (χ0n) is 7.13. The summed E-state index contributed by atoms with van der Waals surface area (Å²) in [7, 11) is 0. The molecule has 12 heavy (non-hydrogen) atoms. The van der Waals surface area contributed by atoms with Crippen molar-refractivity contribution in [1.29, 1.82) is 0 Å². The first-order chi connectivity index (χ1) is 5.52. The molecule has 0 saturated carbocycles. The third kappa shape index (κ3) is 1.48. The van der Waals surface area contributed by atoms with Crippen LogP contribution in [0.1, 0.15) is 34.8 Å². The van der Waals surface area contributed by atoms with Crippen molar-refractivity contribution in [2.75, 3.05) is 0 Å². The van der Waals surface area contributed by atoms with Gasteiger partial charge in [-0.1, -0.05) is 0 Å². The molecule has 0 saturated heterocycles. The second-order valence-electron chi connectivity index (χ2n) is 2.77. The van der Waals surface area contributed by atoms with Gasteiger partial charge in [-0.25, -0.2) is 0 Å². The molecular weight excluding hydrogens is 156 g/mol. The molecule has 1 atom stereocenters. The Hall–Kier alpha value is -1.29. The van der Waals surface area contributed by atoms with Crippen LogP contribution in [-0.2, 0) is 0 Å². The molecule has 0 aliphatic heterocycles. The number of primary amides is 1. The highest BCUT2D eigenvalue weighted by Gasteiger charge is 2.13. The topological polar surface area (TPSA) is 82.2 Å². The van der Waals surface area contributed by atoms with Crippen molar-refractivity contribution in [3.8, 4) is 0 Å². The third-order valence-corrected chi connectivity index (χ3v) is 1.65. The predicted octanol–water partition coefficient (Wildman–Crippen LogP) is 0.707. The molecule has 1 aromatic rings. The van der Waals surface area contributed by atoms with E-state index in [1.54, 1.807) is 19.9 Å². The first-order valence-electron chi connectivity index (χ1n) is 3.68. The fourth-order valence-corrected chi connectivity index (χ4v) is 0.974. The Balaban J connectivity index is 3.09. The molecule has 4 heteroatoms. The summed E-state index contributed by atoms with van der Waals surface area (Å²) in [5.74, 6) is 0.624. The maximum Gasteiger partial charge on any atom is 0.252 e. The highest BCUT2D eigenvalue weighted by molar-refractivity contribution is 5.93. The van der Waals surface area contributed by atoms with E-state index in [0.29, 0.717) is 17.1 Å². The quantitative estimate of drug-likeness (QED) is 0.682. The second-order valence-corrected chi connectivity index (χ2v) is 2.77. The number of furan rings is 1. The molecule has 0 radical (unpaired) electrons. The Morgan fingerprint density at radius 1 is 1.67 bits per heavy atom. The maximum atomic E-state index is 10.8. The molecule has 1 unspecified atom stereocenters. The van der Waals surface area contributed by atoms with Crippen molar-refractivity contribution in [2.24, 2.45) is 11.5 Å². The number of carbonyl (C=O) groups excluding carboxylic acids is 1. The number of amides is 1. The van der Waals surface area contributed by atoms with Crippen molar-refractivity contribution in [3.05, 3.63) is 23.2 Å². The predicted molar refractivity (Wildman–Crippen MR) is 44.6 cm³/mol. The van der Waals surface area contributed by atoms with Crippen molar-refractivity contribution in [3.63, 3.8) is 0 Å². The van der Waals surface area contributed by atoms with Gasteiger partial charge < -0.3 is 15.9 Å². The molecule has 4 nitrogen and oxygen atoms in total. The third-order valence-electron chi connectivity index (χ3n) is 1.65. The molecule has 0 aliphatic carbocycles. The SMILES string of the molecule is Cc1oc(C(C)N)cc1C(N)=O. The number of aryl methyl sites for hydroxylation is 1. The van der Waals surface area contributed by atoms with Gasteiger partial charge in [-0.05, 0) is 19.9 Å². The monoisotopic (exact) mass is 168 g/mol. The molecule has 0 aliphatic rings. The average molecular weight is 168 g/mol. The van der Waals surface area contributed by atoms with Crippen molar-refractivity contribution >= 4 is 5.91 Å². The van der Waals surface area contributed by atoms with Crippen LogP contribution in [0.3, 0.4) is 0 Å². The normalized spacial score (nSPS) is 12.9. The minimum absolute atomic E-state index is 0.211. The number of hydrogen-bond acceptors (Lipinski definition) is 3. The summed E-state index contributed by atoms with van der Waals surface area (Å²) in [6, 6.07) is 1.37. The molecule has 4 N–H and O–H groups in total. The average Bonchev–Trinajstić information content (AvgIpc) is 2.30. The van der Waals surface area contributed by atoms with Crippen molar-refractivity contribution in [2.45, 2.75) is 19.9 Å². The molecule has 1 rings (SSSR count). The lowest BCUT2D eigenvalue weighted by Gasteiger charge is -1.96. The van der Waals surface area contributed by atoms with E-state index in [1.165, 1.54) is 0 Å². The van der Waals surface area contributed by atoms with Gasteiger partial charge in [0.25, 0.3) is 5.91 Å². The zero-order chi connectivity index (χ0) is 9.30. The van der Waals surface area contributed by atoms with Gasteiger partial charge in [0.2, 0.25) is 0 Å². The van der Waals surface area contributed by atoms with Gasteiger partial charge in [-0.2, -0.15) is 0 Å². The van der Waals surface area contributed by atoms with E-state index in [2.05, 4.69) is 0 Å². The van der Waals surface area contributed by atoms with E-state index in [1.807, 2.05) is 0 Å². The van der Waals surface area contributed by atoms with E-state index < -0.39 is 5.91 Å². The first-order valence-corrected chi connectivity index (χ1v) is 3.68. The van der Waals surface area contributed by atoms with E-state index in [4.69, 9.17) is 15.9 Å². The highest BCUT2D eigenvalue weighted by Crippen LogP contribution is 2.18. The van der Waals surface area contributed by atoms with E-state index in [-0.39, 0.29) is 6.04 Å². The minimum Gasteiger partial charge on any atom is -0.464 e. The van der Waals surface area contributed by atoms with E-state index in [9.17, 15) is 4.79 Å². The van der Waals surface area contributed by atoms with Crippen molar-refractivity contribution in [1.82, 2.24) is 0 Å². The van der Waals surface area contributed by atoms with Crippen LogP contribution in [0.2, 0.25) is 0 Å². The van der Waals surface area contributed by atoms with Crippen LogP contribution in [0.25, 0.3) is 0 Å². The summed E-state index contributed by atoms with van der Waals surface area (Å²) in [4.78, 5) is 10.8. The molecule has 0 fully saturated rings. The maximum absolute atomic E-state index is 10.8. The number of nitrogens with two attached hydrogens (primary N) is 2. The molecule has 1 aromatic heterocycles. The molecule has 1 amide bonds. The molecule has 0 bridgehead atoms. The van der Waals surface area contributed by atoms with Gasteiger partial charge in [0, 0.05) is 0 Å². The fourth-order valence-electron chi connectivity index (χ4n) is 0.974. The van der Waals surface area contributed by atoms with Crippen LogP contribution in [-0.4, -0.2) is 5.91 Å². The Kier molecular flexibility index (Phi) is 2.19. The van der Waals surface area contributed by atoms with Gasteiger partial charge in [-0.3, -0.25) is 4.79 Å².